The van der Waals surface area contributed by atoms with Crippen LogP contribution in [0.25, 0.3) is 0 Å². The van der Waals surface area contributed by atoms with Gasteiger partial charge in [0.1, 0.15) is 5.75 Å². The second-order valence-electron chi connectivity index (χ2n) is 6.03. The van der Waals surface area contributed by atoms with Crippen molar-refractivity contribution in [3.8, 4) is 5.75 Å². The van der Waals surface area contributed by atoms with Crippen LogP contribution in [0.5, 0.6) is 5.75 Å². The molecule has 0 fully saturated rings. The summed E-state index contributed by atoms with van der Waals surface area (Å²) in [6.07, 6.45) is 0.881. The lowest BCUT2D eigenvalue weighted by atomic mass is 10.1. The lowest BCUT2D eigenvalue weighted by Crippen LogP contribution is -2.31. The molecule has 0 aliphatic heterocycles. The van der Waals surface area contributed by atoms with Crippen molar-refractivity contribution in [3.63, 3.8) is 0 Å². The second-order valence-corrected chi connectivity index (χ2v) is 6.03. The Morgan fingerprint density at radius 3 is 2.29 bits per heavy atom. The van der Waals surface area contributed by atoms with E-state index < -0.39 is 5.97 Å². The molecule has 2 aromatic rings. The standard InChI is InChI=1S/C21H24N2O5/c1-27-18-5-3-4-15(14-18)10-12-22-19(24)11-13-23-20(25)16-6-8-17(9-7-16)21(26)28-2/h3-9,14H,10-13H2,1-2H3,(H,22,24)(H,23,25). The third-order valence-electron chi connectivity index (χ3n) is 4.08. The molecule has 0 aliphatic carbocycles. The van der Waals surface area contributed by atoms with Crippen LogP contribution in [0.4, 0.5) is 0 Å². The van der Waals surface area contributed by atoms with Gasteiger partial charge in [-0.05, 0) is 48.4 Å². The number of ether oxygens (including phenoxy) is 2. The first-order valence-electron chi connectivity index (χ1n) is 8.89. The van der Waals surface area contributed by atoms with Crippen LogP contribution >= 0.6 is 0 Å². The maximum absolute atomic E-state index is 12.1. The third-order valence-corrected chi connectivity index (χ3v) is 4.08. The van der Waals surface area contributed by atoms with Gasteiger partial charge in [0.05, 0.1) is 19.8 Å². The van der Waals surface area contributed by atoms with Crippen LogP contribution in [-0.4, -0.2) is 45.1 Å². The van der Waals surface area contributed by atoms with Crippen LogP contribution in [-0.2, 0) is 16.0 Å². The lowest BCUT2D eigenvalue weighted by Gasteiger charge is -2.08. The summed E-state index contributed by atoms with van der Waals surface area (Å²) in [7, 11) is 2.91. The molecule has 0 saturated heterocycles. The van der Waals surface area contributed by atoms with Crippen molar-refractivity contribution in [2.24, 2.45) is 0 Å². The van der Waals surface area contributed by atoms with Crippen molar-refractivity contribution in [3.05, 3.63) is 65.2 Å². The highest BCUT2D eigenvalue weighted by Crippen LogP contribution is 2.12. The van der Waals surface area contributed by atoms with Gasteiger partial charge in [0.2, 0.25) is 5.91 Å². The van der Waals surface area contributed by atoms with Gasteiger partial charge in [-0.3, -0.25) is 9.59 Å². The summed E-state index contributed by atoms with van der Waals surface area (Å²) in [5.41, 5.74) is 1.85. The molecule has 0 aliphatic rings. The highest BCUT2D eigenvalue weighted by atomic mass is 16.5. The molecule has 0 bridgehead atoms. The summed E-state index contributed by atoms with van der Waals surface area (Å²) in [5, 5.41) is 5.51. The van der Waals surface area contributed by atoms with Crippen LogP contribution in [0.3, 0.4) is 0 Å². The van der Waals surface area contributed by atoms with Crippen LogP contribution in [0.15, 0.2) is 48.5 Å². The fraction of sp³-hybridized carbons (Fsp3) is 0.286. The van der Waals surface area contributed by atoms with E-state index in [1.54, 1.807) is 7.11 Å². The first kappa shape index (κ1) is 21.0. The quantitative estimate of drug-likeness (QED) is 0.645. The Balaban J connectivity index is 1.68. The molecular formula is C21H24N2O5. The Hall–Kier alpha value is -3.35. The Kier molecular flexibility index (Phi) is 8.02. The zero-order valence-corrected chi connectivity index (χ0v) is 16.0. The average Bonchev–Trinajstić information content (AvgIpc) is 2.73. The van der Waals surface area contributed by atoms with Gasteiger partial charge < -0.3 is 20.1 Å². The minimum atomic E-state index is -0.461. The molecule has 0 unspecified atom stereocenters. The SMILES string of the molecule is COC(=O)c1ccc(C(=O)NCCC(=O)NCCc2cccc(OC)c2)cc1. The molecule has 0 heterocycles. The summed E-state index contributed by atoms with van der Waals surface area (Å²) in [5.74, 6) is -0.117. The van der Waals surface area contributed by atoms with Gasteiger partial charge in [-0.25, -0.2) is 4.79 Å². The molecule has 0 aromatic heterocycles. The fourth-order valence-corrected chi connectivity index (χ4v) is 2.53. The van der Waals surface area contributed by atoms with Crippen molar-refractivity contribution in [2.75, 3.05) is 27.3 Å². The molecule has 2 rings (SSSR count). The smallest absolute Gasteiger partial charge is 0.337 e. The van der Waals surface area contributed by atoms with E-state index in [1.807, 2.05) is 24.3 Å². The Bertz CT molecular complexity index is 818. The zero-order chi connectivity index (χ0) is 20.4. The van der Waals surface area contributed by atoms with Crippen LogP contribution < -0.4 is 15.4 Å². The molecule has 7 nitrogen and oxygen atoms in total. The number of esters is 1. The van der Waals surface area contributed by atoms with Gasteiger partial charge in [-0.2, -0.15) is 0 Å². The number of hydrogen-bond acceptors (Lipinski definition) is 5. The van der Waals surface area contributed by atoms with Crippen molar-refractivity contribution < 1.29 is 23.9 Å². The molecule has 7 heteroatoms. The maximum atomic E-state index is 12.1. The van der Waals surface area contributed by atoms with E-state index in [1.165, 1.54) is 31.4 Å². The van der Waals surface area contributed by atoms with E-state index in [-0.39, 0.29) is 24.8 Å². The molecule has 0 radical (unpaired) electrons. The number of carbonyl (C=O) groups is 3. The Morgan fingerprint density at radius 2 is 1.61 bits per heavy atom. The van der Waals surface area contributed by atoms with Gasteiger partial charge >= 0.3 is 5.97 Å². The van der Waals surface area contributed by atoms with E-state index in [0.29, 0.717) is 24.1 Å². The molecule has 0 atom stereocenters. The monoisotopic (exact) mass is 384 g/mol. The van der Waals surface area contributed by atoms with E-state index in [9.17, 15) is 14.4 Å². The Morgan fingerprint density at radius 1 is 0.893 bits per heavy atom. The minimum Gasteiger partial charge on any atom is -0.497 e. The molecule has 2 N–H and O–H groups in total. The van der Waals surface area contributed by atoms with E-state index >= 15 is 0 Å². The molecule has 2 aromatic carbocycles. The second kappa shape index (κ2) is 10.7. The van der Waals surface area contributed by atoms with Gasteiger partial charge in [0.15, 0.2) is 0 Å². The van der Waals surface area contributed by atoms with Crippen LogP contribution in [0.2, 0.25) is 0 Å². The minimum absolute atomic E-state index is 0.135. The number of benzene rings is 2. The molecule has 0 saturated carbocycles. The van der Waals surface area contributed by atoms with Gasteiger partial charge in [-0.1, -0.05) is 12.1 Å². The first-order chi connectivity index (χ1) is 13.5. The summed E-state index contributed by atoms with van der Waals surface area (Å²) >= 11 is 0. The molecule has 148 valence electrons. The van der Waals surface area contributed by atoms with E-state index in [4.69, 9.17) is 4.74 Å². The maximum Gasteiger partial charge on any atom is 0.337 e. The highest BCUT2D eigenvalue weighted by Gasteiger charge is 2.09. The third kappa shape index (κ3) is 6.42. The largest absolute Gasteiger partial charge is 0.497 e. The van der Waals surface area contributed by atoms with Gasteiger partial charge in [0, 0.05) is 25.1 Å². The normalized spacial score (nSPS) is 10.1. The van der Waals surface area contributed by atoms with Crippen molar-refractivity contribution >= 4 is 17.8 Å². The summed E-state index contributed by atoms with van der Waals surface area (Å²) in [4.78, 5) is 35.3. The van der Waals surface area contributed by atoms with E-state index in [2.05, 4.69) is 15.4 Å². The van der Waals surface area contributed by atoms with Crippen molar-refractivity contribution in [2.45, 2.75) is 12.8 Å². The number of amides is 2. The molecule has 2 amide bonds. The number of nitrogens with one attached hydrogen (secondary N) is 2. The zero-order valence-electron chi connectivity index (χ0n) is 16.0. The topological polar surface area (TPSA) is 93.7 Å². The van der Waals surface area contributed by atoms with Crippen LogP contribution in [0, 0.1) is 0 Å². The number of methoxy groups -OCH3 is 2. The molecule has 0 spiro atoms. The predicted molar refractivity (Wildman–Crippen MR) is 104 cm³/mol. The van der Waals surface area contributed by atoms with Gasteiger partial charge in [0.25, 0.3) is 5.91 Å². The summed E-state index contributed by atoms with van der Waals surface area (Å²) < 4.78 is 9.78. The average molecular weight is 384 g/mol. The fourth-order valence-electron chi connectivity index (χ4n) is 2.53. The lowest BCUT2D eigenvalue weighted by molar-refractivity contribution is -0.120. The Labute approximate surface area is 164 Å². The summed E-state index contributed by atoms with van der Waals surface area (Å²) in [6.45, 7) is 0.734. The number of hydrogen-bond donors (Lipinski definition) is 2. The predicted octanol–water partition coefficient (Wildman–Crippen LogP) is 1.96. The number of rotatable bonds is 9. The summed E-state index contributed by atoms with van der Waals surface area (Å²) in [6, 6.07) is 13.8. The first-order valence-corrected chi connectivity index (χ1v) is 8.89. The number of carbonyl (C=O) groups excluding carboxylic acids is 3. The van der Waals surface area contributed by atoms with Gasteiger partial charge in [-0.15, -0.1) is 0 Å². The van der Waals surface area contributed by atoms with E-state index in [0.717, 1.165) is 11.3 Å². The van der Waals surface area contributed by atoms with Crippen molar-refractivity contribution in [1.82, 2.24) is 10.6 Å². The highest BCUT2D eigenvalue weighted by molar-refractivity contribution is 5.96. The van der Waals surface area contributed by atoms with Crippen LogP contribution in [0.1, 0.15) is 32.7 Å². The molecule has 28 heavy (non-hydrogen) atoms. The van der Waals surface area contributed by atoms with Crippen molar-refractivity contribution in [1.29, 1.82) is 0 Å². The molecular weight excluding hydrogens is 360 g/mol.